The SMILES string of the molecule is CN1CCOC(CN2CCC(=NO)CC2)C1. The number of ether oxygens (including phenoxy) is 1. The molecule has 1 atom stereocenters. The molecule has 0 aliphatic carbocycles. The minimum Gasteiger partial charge on any atom is -0.411 e. The van der Waals surface area contributed by atoms with Gasteiger partial charge in [0.1, 0.15) is 0 Å². The highest BCUT2D eigenvalue weighted by molar-refractivity contribution is 5.84. The second-order valence-corrected chi connectivity index (χ2v) is 4.72. The summed E-state index contributed by atoms with van der Waals surface area (Å²) in [7, 11) is 2.14. The number of piperidine rings is 1. The Kier molecular flexibility index (Phi) is 4.15. The lowest BCUT2D eigenvalue weighted by Crippen LogP contribution is -2.47. The quantitative estimate of drug-likeness (QED) is 0.542. The monoisotopic (exact) mass is 227 g/mol. The average molecular weight is 227 g/mol. The molecule has 0 spiro atoms. The summed E-state index contributed by atoms with van der Waals surface area (Å²) in [6.45, 7) is 5.89. The van der Waals surface area contributed by atoms with E-state index in [9.17, 15) is 0 Å². The number of likely N-dealkylation sites (N-methyl/N-ethyl adjacent to an activating group) is 1. The maximum Gasteiger partial charge on any atom is 0.0829 e. The van der Waals surface area contributed by atoms with Gasteiger partial charge in [0.2, 0.25) is 0 Å². The fourth-order valence-electron chi connectivity index (χ4n) is 2.36. The van der Waals surface area contributed by atoms with E-state index in [0.717, 1.165) is 57.9 Å². The van der Waals surface area contributed by atoms with Crippen LogP contribution in [0.2, 0.25) is 0 Å². The largest absolute Gasteiger partial charge is 0.411 e. The maximum atomic E-state index is 8.67. The first-order valence-electron chi connectivity index (χ1n) is 6.00. The van der Waals surface area contributed by atoms with Gasteiger partial charge >= 0.3 is 0 Å². The molecule has 0 aromatic heterocycles. The van der Waals surface area contributed by atoms with Gasteiger partial charge in [-0.2, -0.15) is 0 Å². The lowest BCUT2D eigenvalue weighted by atomic mass is 10.1. The molecule has 2 saturated heterocycles. The zero-order valence-corrected chi connectivity index (χ0v) is 9.93. The van der Waals surface area contributed by atoms with Gasteiger partial charge < -0.3 is 14.8 Å². The van der Waals surface area contributed by atoms with E-state index in [4.69, 9.17) is 9.94 Å². The van der Waals surface area contributed by atoms with Crippen molar-refractivity contribution in [3.8, 4) is 0 Å². The zero-order valence-electron chi connectivity index (χ0n) is 9.93. The second kappa shape index (κ2) is 5.61. The standard InChI is InChI=1S/C11H21N3O2/c1-13-6-7-16-11(8-13)9-14-4-2-10(12-15)3-5-14/h11,15H,2-9H2,1H3. The predicted molar refractivity (Wildman–Crippen MR) is 62.1 cm³/mol. The van der Waals surface area contributed by atoms with Gasteiger partial charge in [-0.15, -0.1) is 0 Å². The summed E-state index contributed by atoms with van der Waals surface area (Å²) in [4.78, 5) is 4.72. The van der Waals surface area contributed by atoms with Crippen LogP contribution < -0.4 is 0 Å². The van der Waals surface area contributed by atoms with Crippen LogP contribution in [0.5, 0.6) is 0 Å². The summed E-state index contributed by atoms with van der Waals surface area (Å²) in [6, 6.07) is 0. The van der Waals surface area contributed by atoms with Crippen LogP contribution in [0, 0.1) is 0 Å². The molecule has 1 N–H and O–H groups in total. The molecule has 0 aromatic rings. The molecular formula is C11H21N3O2. The molecule has 1 unspecified atom stereocenters. The third kappa shape index (κ3) is 3.17. The molecule has 2 rings (SSSR count). The van der Waals surface area contributed by atoms with Crippen LogP contribution in [0.1, 0.15) is 12.8 Å². The van der Waals surface area contributed by atoms with Gasteiger partial charge in [0.15, 0.2) is 0 Å². The van der Waals surface area contributed by atoms with E-state index in [1.165, 1.54) is 0 Å². The number of likely N-dealkylation sites (tertiary alicyclic amines) is 1. The predicted octanol–water partition coefficient (Wildman–Crippen LogP) is 0.243. The van der Waals surface area contributed by atoms with Gasteiger partial charge in [-0.25, -0.2) is 0 Å². The normalized spacial score (nSPS) is 29.3. The second-order valence-electron chi connectivity index (χ2n) is 4.72. The average Bonchev–Trinajstić information content (AvgIpc) is 2.30. The van der Waals surface area contributed by atoms with Crippen LogP contribution in [-0.2, 0) is 4.74 Å². The lowest BCUT2D eigenvalue weighted by Gasteiger charge is -2.35. The third-order valence-corrected chi connectivity index (χ3v) is 3.38. The molecule has 0 radical (unpaired) electrons. The van der Waals surface area contributed by atoms with E-state index in [-0.39, 0.29) is 0 Å². The number of oxime groups is 1. The van der Waals surface area contributed by atoms with Crippen molar-refractivity contribution < 1.29 is 9.94 Å². The first-order valence-corrected chi connectivity index (χ1v) is 6.00. The molecule has 0 amide bonds. The lowest BCUT2D eigenvalue weighted by molar-refractivity contribution is -0.0357. The Hall–Kier alpha value is -0.650. The van der Waals surface area contributed by atoms with E-state index in [2.05, 4.69) is 22.0 Å². The molecule has 2 aliphatic rings. The van der Waals surface area contributed by atoms with Crippen LogP contribution in [-0.4, -0.2) is 73.2 Å². The van der Waals surface area contributed by atoms with Crippen molar-refractivity contribution in [3.63, 3.8) is 0 Å². The summed E-state index contributed by atoms with van der Waals surface area (Å²) >= 11 is 0. The molecule has 92 valence electrons. The van der Waals surface area contributed by atoms with Crippen molar-refractivity contribution in [2.45, 2.75) is 18.9 Å². The molecule has 0 bridgehead atoms. The van der Waals surface area contributed by atoms with E-state index >= 15 is 0 Å². The molecule has 2 aliphatic heterocycles. The Morgan fingerprint density at radius 1 is 1.38 bits per heavy atom. The molecule has 5 nitrogen and oxygen atoms in total. The highest BCUT2D eigenvalue weighted by Crippen LogP contribution is 2.11. The summed E-state index contributed by atoms with van der Waals surface area (Å²) in [5.74, 6) is 0. The molecule has 5 heteroatoms. The van der Waals surface area contributed by atoms with Crippen molar-refractivity contribution >= 4 is 5.71 Å². The highest BCUT2D eigenvalue weighted by atomic mass is 16.5. The first kappa shape index (κ1) is 11.8. The summed E-state index contributed by atoms with van der Waals surface area (Å²) in [6.07, 6.45) is 2.12. The van der Waals surface area contributed by atoms with Crippen molar-refractivity contribution in [1.82, 2.24) is 9.80 Å². The fraction of sp³-hybridized carbons (Fsp3) is 0.909. The van der Waals surface area contributed by atoms with Gasteiger partial charge in [0.25, 0.3) is 0 Å². The van der Waals surface area contributed by atoms with Crippen LogP contribution in [0.3, 0.4) is 0 Å². The number of nitrogens with zero attached hydrogens (tertiary/aromatic N) is 3. The van der Waals surface area contributed by atoms with Gasteiger partial charge in [-0.1, -0.05) is 5.16 Å². The van der Waals surface area contributed by atoms with Gasteiger partial charge in [-0.3, -0.25) is 4.90 Å². The van der Waals surface area contributed by atoms with E-state index in [0.29, 0.717) is 6.10 Å². The van der Waals surface area contributed by atoms with Crippen molar-refractivity contribution in [2.75, 3.05) is 46.4 Å². The van der Waals surface area contributed by atoms with E-state index in [1.807, 2.05) is 0 Å². The van der Waals surface area contributed by atoms with Crippen LogP contribution in [0.25, 0.3) is 0 Å². The van der Waals surface area contributed by atoms with Crippen LogP contribution >= 0.6 is 0 Å². The fourth-order valence-corrected chi connectivity index (χ4v) is 2.36. The molecular weight excluding hydrogens is 206 g/mol. The Bertz CT molecular complexity index is 248. The number of rotatable bonds is 2. The molecule has 0 aromatic carbocycles. The van der Waals surface area contributed by atoms with E-state index in [1.54, 1.807) is 0 Å². The van der Waals surface area contributed by atoms with Crippen molar-refractivity contribution in [1.29, 1.82) is 0 Å². The Labute approximate surface area is 96.7 Å². The minimum absolute atomic E-state index is 0.339. The number of hydrogen-bond acceptors (Lipinski definition) is 5. The Balaban J connectivity index is 1.73. The van der Waals surface area contributed by atoms with Crippen LogP contribution in [0.4, 0.5) is 0 Å². The van der Waals surface area contributed by atoms with Crippen molar-refractivity contribution in [2.24, 2.45) is 5.16 Å². The van der Waals surface area contributed by atoms with E-state index < -0.39 is 0 Å². The molecule has 0 saturated carbocycles. The molecule has 16 heavy (non-hydrogen) atoms. The molecule has 2 heterocycles. The topological polar surface area (TPSA) is 48.3 Å². The number of hydrogen-bond donors (Lipinski definition) is 1. The van der Waals surface area contributed by atoms with Gasteiger partial charge in [0, 0.05) is 45.6 Å². The smallest absolute Gasteiger partial charge is 0.0829 e. The Morgan fingerprint density at radius 3 is 2.75 bits per heavy atom. The third-order valence-electron chi connectivity index (χ3n) is 3.38. The van der Waals surface area contributed by atoms with Crippen molar-refractivity contribution in [3.05, 3.63) is 0 Å². The minimum atomic E-state index is 0.339. The zero-order chi connectivity index (χ0) is 11.4. The summed E-state index contributed by atoms with van der Waals surface area (Å²) < 4.78 is 5.74. The van der Waals surface area contributed by atoms with Crippen LogP contribution in [0.15, 0.2) is 5.16 Å². The summed E-state index contributed by atoms with van der Waals surface area (Å²) in [5, 5.41) is 12.0. The maximum absolute atomic E-state index is 8.67. The van der Waals surface area contributed by atoms with Gasteiger partial charge in [-0.05, 0) is 7.05 Å². The first-order chi connectivity index (χ1) is 7.78. The molecule has 2 fully saturated rings. The number of morpholine rings is 1. The highest BCUT2D eigenvalue weighted by Gasteiger charge is 2.22. The summed E-state index contributed by atoms with van der Waals surface area (Å²) in [5.41, 5.74) is 0.929. The Morgan fingerprint density at radius 2 is 2.12 bits per heavy atom. The van der Waals surface area contributed by atoms with Gasteiger partial charge in [0.05, 0.1) is 18.4 Å².